The number of benzene rings is 2. The summed E-state index contributed by atoms with van der Waals surface area (Å²) < 4.78 is 5.57. The molecule has 0 aromatic heterocycles. The standard InChI is InChI=1S/C21H21N3O3/c25-20(13-24-11-5-8-15-6-1-3-9-18(15)24)22-23-21(26)17-12-16-7-2-4-10-19(16)27-14-17/h1-4,6-7,9-10,12H,5,8,11,13-14H2,(H,22,25)(H,23,26). The van der Waals surface area contributed by atoms with Gasteiger partial charge in [0.1, 0.15) is 12.4 Å². The first-order chi connectivity index (χ1) is 13.2. The summed E-state index contributed by atoms with van der Waals surface area (Å²) in [5.41, 5.74) is 8.65. The molecule has 0 aliphatic carbocycles. The fourth-order valence-electron chi connectivity index (χ4n) is 3.44. The van der Waals surface area contributed by atoms with Crippen molar-refractivity contribution in [1.29, 1.82) is 0 Å². The van der Waals surface area contributed by atoms with Gasteiger partial charge in [-0.25, -0.2) is 0 Å². The fraction of sp³-hybridized carbons (Fsp3) is 0.238. The molecule has 0 spiro atoms. The van der Waals surface area contributed by atoms with Crippen molar-refractivity contribution in [3.8, 4) is 5.75 Å². The molecule has 27 heavy (non-hydrogen) atoms. The van der Waals surface area contributed by atoms with Crippen LogP contribution in [0.25, 0.3) is 6.08 Å². The molecule has 2 aliphatic rings. The highest BCUT2D eigenvalue weighted by atomic mass is 16.5. The number of hydrazine groups is 1. The highest BCUT2D eigenvalue weighted by Crippen LogP contribution is 2.26. The lowest BCUT2D eigenvalue weighted by atomic mass is 10.0. The van der Waals surface area contributed by atoms with E-state index in [0.717, 1.165) is 36.4 Å². The van der Waals surface area contributed by atoms with Gasteiger partial charge < -0.3 is 9.64 Å². The van der Waals surface area contributed by atoms with Gasteiger partial charge >= 0.3 is 0 Å². The first-order valence-electron chi connectivity index (χ1n) is 9.05. The Balaban J connectivity index is 1.34. The molecule has 0 bridgehead atoms. The van der Waals surface area contributed by atoms with Crippen LogP contribution in [0.4, 0.5) is 5.69 Å². The second-order valence-corrected chi connectivity index (χ2v) is 6.65. The first-order valence-corrected chi connectivity index (χ1v) is 9.05. The zero-order chi connectivity index (χ0) is 18.6. The second kappa shape index (κ2) is 7.53. The fourth-order valence-corrected chi connectivity index (χ4v) is 3.44. The second-order valence-electron chi connectivity index (χ2n) is 6.65. The molecule has 2 amide bonds. The summed E-state index contributed by atoms with van der Waals surface area (Å²) in [6.45, 7) is 1.21. The van der Waals surface area contributed by atoms with Crippen LogP contribution in [-0.4, -0.2) is 31.5 Å². The van der Waals surface area contributed by atoms with E-state index in [9.17, 15) is 9.59 Å². The molecule has 138 valence electrons. The topological polar surface area (TPSA) is 70.7 Å². The van der Waals surface area contributed by atoms with Crippen molar-refractivity contribution >= 4 is 23.6 Å². The molecule has 6 nitrogen and oxygen atoms in total. The number of hydrogen-bond acceptors (Lipinski definition) is 4. The number of hydrogen-bond donors (Lipinski definition) is 2. The smallest absolute Gasteiger partial charge is 0.269 e. The minimum absolute atomic E-state index is 0.179. The minimum Gasteiger partial charge on any atom is -0.488 e. The van der Waals surface area contributed by atoms with Crippen molar-refractivity contribution in [3.63, 3.8) is 0 Å². The van der Waals surface area contributed by atoms with E-state index in [0.29, 0.717) is 5.57 Å². The van der Waals surface area contributed by atoms with Crippen molar-refractivity contribution < 1.29 is 14.3 Å². The molecule has 6 heteroatoms. The van der Waals surface area contributed by atoms with E-state index in [1.807, 2.05) is 47.4 Å². The van der Waals surface area contributed by atoms with Crippen LogP contribution in [0.5, 0.6) is 5.75 Å². The summed E-state index contributed by atoms with van der Waals surface area (Å²) in [7, 11) is 0. The molecule has 2 aromatic carbocycles. The van der Waals surface area contributed by atoms with Gasteiger partial charge in [-0.15, -0.1) is 0 Å². The van der Waals surface area contributed by atoms with E-state index < -0.39 is 0 Å². The molecule has 2 aliphatic heterocycles. The molecule has 0 atom stereocenters. The Bertz CT molecular complexity index is 907. The number of aryl methyl sites for hydroxylation is 1. The summed E-state index contributed by atoms with van der Waals surface area (Å²) in [6.07, 6.45) is 3.82. The molecule has 0 saturated carbocycles. The lowest BCUT2D eigenvalue weighted by molar-refractivity contribution is -0.126. The molecule has 0 saturated heterocycles. The normalized spacial score (nSPS) is 15.0. The van der Waals surface area contributed by atoms with Crippen LogP contribution in [0.15, 0.2) is 54.1 Å². The highest BCUT2D eigenvalue weighted by molar-refractivity contribution is 6.00. The number of amides is 2. The van der Waals surface area contributed by atoms with Crippen LogP contribution in [0.3, 0.4) is 0 Å². The van der Waals surface area contributed by atoms with Gasteiger partial charge in [0.15, 0.2) is 0 Å². The number of fused-ring (bicyclic) bond motifs is 2. The van der Waals surface area contributed by atoms with Gasteiger partial charge in [-0.2, -0.15) is 0 Å². The van der Waals surface area contributed by atoms with Crippen molar-refractivity contribution in [3.05, 3.63) is 65.2 Å². The van der Waals surface area contributed by atoms with Crippen LogP contribution < -0.4 is 20.5 Å². The molecule has 4 rings (SSSR count). The molecule has 2 N–H and O–H groups in total. The van der Waals surface area contributed by atoms with E-state index in [1.54, 1.807) is 6.08 Å². The van der Waals surface area contributed by atoms with Crippen molar-refractivity contribution in [1.82, 2.24) is 10.9 Å². The summed E-state index contributed by atoms with van der Waals surface area (Å²) in [5.74, 6) is 0.136. The van der Waals surface area contributed by atoms with Crippen LogP contribution >= 0.6 is 0 Å². The van der Waals surface area contributed by atoms with Crippen molar-refractivity contribution in [2.24, 2.45) is 0 Å². The number of para-hydroxylation sites is 2. The van der Waals surface area contributed by atoms with Crippen LogP contribution in [-0.2, 0) is 16.0 Å². The SMILES string of the molecule is O=C(CN1CCCc2ccccc21)NNC(=O)C1=Cc2ccccc2OC1. The van der Waals surface area contributed by atoms with Gasteiger partial charge in [0.05, 0.1) is 12.1 Å². The largest absolute Gasteiger partial charge is 0.488 e. The predicted molar refractivity (Wildman–Crippen MR) is 103 cm³/mol. The van der Waals surface area contributed by atoms with Crippen LogP contribution in [0, 0.1) is 0 Å². The summed E-state index contributed by atoms with van der Waals surface area (Å²) >= 11 is 0. The van der Waals surface area contributed by atoms with Gasteiger partial charge in [-0.05, 0) is 36.6 Å². The quantitative estimate of drug-likeness (QED) is 0.819. The monoisotopic (exact) mass is 363 g/mol. The van der Waals surface area contributed by atoms with Gasteiger partial charge in [0, 0.05) is 17.8 Å². The number of nitrogens with zero attached hydrogens (tertiary/aromatic N) is 1. The minimum atomic E-state index is -0.364. The Morgan fingerprint density at radius 2 is 1.85 bits per heavy atom. The third-order valence-corrected chi connectivity index (χ3v) is 4.78. The predicted octanol–water partition coefficient (Wildman–Crippen LogP) is 2.06. The van der Waals surface area contributed by atoms with Crippen molar-refractivity contribution in [2.45, 2.75) is 12.8 Å². The number of carbonyl (C=O) groups is 2. The molecule has 0 radical (unpaired) electrons. The Kier molecular flexibility index (Phi) is 4.78. The lowest BCUT2D eigenvalue weighted by Crippen LogP contribution is -2.48. The Morgan fingerprint density at radius 3 is 2.78 bits per heavy atom. The zero-order valence-corrected chi connectivity index (χ0v) is 14.9. The van der Waals surface area contributed by atoms with E-state index in [1.165, 1.54) is 5.56 Å². The van der Waals surface area contributed by atoms with Crippen molar-refractivity contribution in [2.75, 3.05) is 24.6 Å². The zero-order valence-electron chi connectivity index (χ0n) is 14.9. The Morgan fingerprint density at radius 1 is 1.04 bits per heavy atom. The number of anilines is 1. The van der Waals surface area contributed by atoms with E-state index in [4.69, 9.17) is 4.74 Å². The average Bonchev–Trinajstić information content (AvgIpc) is 2.72. The van der Waals surface area contributed by atoms with Gasteiger partial charge in [-0.3, -0.25) is 20.4 Å². The third kappa shape index (κ3) is 3.79. The molecule has 2 heterocycles. The van der Waals surface area contributed by atoms with Gasteiger partial charge in [0.25, 0.3) is 11.8 Å². The number of carbonyl (C=O) groups excluding carboxylic acids is 2. The maximum atomic E-state index is 12.3. The lowest BCUT2D eigenvalue weighted by Gasteiger charge is -2.30. The maximum absolute atomic E-state index is 12.3. The molecular weight excluding hydrogens is 342 g/mol. The summed E-state index contributed by atoms with van der Waals surface area (Å²) in [4.78, 5) is 26.6. The van der Waals surface area contributed by atoms with Gasteiger partial charge in [0.2, 0.25) is 0 Å². The number of rotatable bonds is 3. The maximum Gasteiger partial charge on any atom is 0.269 e. The number of ether oxygens (including phenoxy) is 1. The highest BCUT2D eigenvalue weighted by Gasteiger charge is 2.20. The van der Waals surface area contributed by atoms with Crippen LogP contribution in [0.2, 0.25) is 0 Å². The Labute approximate surface area is 157 Å². The van der Waals surface area contributed by atoms with E-state index >= 15 is 0 Å². The van der Waals surface area contributed by atoms with E-state index in [2.05, 4.69) is 16.9 Å². The Hall–Kier alpha value is -3.28. The number of nitrogens with one attached hydrogen (secondary N) is 2. The van der Waals surface area contributed by atoms with E-state index in [-0.39, 0.29) is 25.0 Å². The summed E-state index contributed by atoms with van der Waals surface area (Å²) in [5, 5.41) is 0. The van der Waals surface area contributed by atoms with Gasteiger partial charge in [-0.1, -0.05) is 36.4 Å². The average molecular weight is 363 g/mol. The first kappa shape index (κ1) is 17.1. The molecule has 0 unspecified atom stereocenters. The molecular formula is C21H21N3O3. The molecule has 2 aromatic rings. The summed E-state index contributed by atoms with van der Waals surface area (Å²) in [6, 6.07) is 15.6. The molecule has 0 fully saturated rings. The van der Waals surface area contributed by atoms with Crippen LogP contribution in [0.1, 0.15) is 17.5 Å². The third-order valence-electron chi connectivity index (χ3n) is 4.78.